The van der Waals surface area contributed by atoms with Crippen LogP contribution in [0.4, 0.5) is 0 Å². The molecule has 3 heteroatoms. The van der Waals surface area contributed by atoms with E-state index < -0.39 is 0 Å². The smallest absolute Gasteiger partial charge is 0.261 e. The first-order valence-corrected chi connectivity index (χ1v) is 5.73. The highest BCUT2D eigenvalue weighted by atomic mass is 16.5. The van der Waals surface area contributed by atoms with Crippen molar-refractivity contribution in [2.24, 2.45) is 0 Å². The van der Waals surface area contributed by atoms with Crippen molar-refractivity contribution in [2.75, 3.05) is 6.54 Å². The lowest BCUT2D eigenvalue weighted by atomic mass is 10.1. The molecule has 1 aliphatic heterocycles. The van der Waals surface area contributed by atoms with Gasteiger partial charge in [0.15, 0.2) is 6.10 Å². The number of benzene rings is 1. The van der Waals surface area contributed by atoms with Crippen LogP contribution in [-0.2, 0) is 11.2 Å². The van der Waals surface area contributed by atoms with Gasteiger partial charge in [-0.3, -0.25) is 4.79 Å². The zero-order valence-electron chi connectivity index (χ0n) is 9.82. The average molecular weight is 229 g/mol. The van der Waals surface area contributed by atoms with Crippen molar-refractivity contribution in [3.05, 3.63) is 29.8 Å². The van der Waals surface area contributed by atoms with Crippen LogP contribution in [0, 0.1) is 11.8 Å². The second kappa shape index (κ2) is 5.40. The summed E-state index contributed by atoms with van der Waals surface area (Å²) in [5.74, 6) is 6.46. The van der Waals surface area contributed by atoms with E-state index in [0.29, 0.717) is 19.4 Å². The van der Waals surface area contributed by atoms with Crippen molar-refractivity contribution in [3.63, 3.8) is 0 Å². The maximum absolute atomic E-state index is 11.8. The topological polar surface area (TPSA) is 38.3 Å². The SMILES string of the molecule is CC#CCCNC(=O)C1Cc2ccccc2O1. The van der Waals surface area contributed by atoms with Gasteiger partial charge in [-0.05, 0) is 18.6 Å². The fourth-order valence-corrected chi connectivity index (χ4v) is 1.82. The maximum atomic E-state index is 11.8. The van der Waals surface area contributed by atoms with Gasteiger partial charge in [-0.15, -0.1) is 11.8 Å². The molecule has 0 fully saturated rings. The second-order valence-corrected chi connectivity index (χ2v) is 3.89. The molecule has 3 nitrogen and oxygen atoms in total. The average Bonchev–Trinajstić information content (AvgIpc) is 2.78. The molecule has 1 aromatic carbocycles. The lowest BCUT2D eigenvalue weighted by molar-refractivity contribution is -0.127. The number of ether oxygens (including phenoxy) is 1. The first-order chi connectivity index (χ1) is 8.31. The molecule has 1 amide bonds. The van der Waals surface area contributed by atoms with Gasteiger partial charge in [0.2, 0.25) is 0 Å². The lowest BCUT2D eigenvalue weighted by Gasteiger charge is -2.10. The number of carbonyl (C=O) groups is 1. The van der Waals surface area contributed by atoms with Crippen LogP contribution in [0.3, 0.4) is 0 Å². The number of hydrogen-bond donors (Lipinski definition) is 1. The Kier molecular flexibility index (Phi) is 3.66. The zero-order valence-corrected chi connectivity index (χ0v) is 9.82. The minimum Gasteiger partial charge on any atom is -0.480 e. The molecular weight excluding hydrogens is 214 g/mol. The van der Waals surface area contributed by atoms with E-state index in [1.807, 2.05) is 24.3 Å². The van der Waals surface area contributed by atoms with Crippen LogP contribution >= 0.6 is 0 Å². The second-order valence-electron chi connectivity index (χ2n) is 3.89. The van der Waals surface area contributed by atoms with Gasteiger partial charge in [-0.2, -0.15) is 0 Å². The number of nitrogens with one attached hydrogen (secondary N) is 1. The van der Waals surface area contributed by atoms with E-state index in [2.05, 4.69) is 17.2 Å². The molecule has 0 aromatic heterocycles. The van der Waals surface area contributed by atoms with E-state index in [0.717, 1.165) is 11.3 Å². The molecule has 1 unspecified atom stereocenters. The van der Waals surface area contributed by atoms with Crippen molar-refractivity contribution in [3.8, 4) is 17.6 Å². The minimum atomic E-state index is -0.387. The Morgan fingerprint density at radius 2 is 2.35 bits per heavy atom. The minimum absolute atomic E-state index is 0.0564. The Morgan fingerprint density at radius 1 is 1.53 bits per heavy atom. The molecule has 17 heavy (non-hydrogen) atoms. The number of carbonyl (C=O) groups excluding carboxylic acids is 1. The summed E-state index contributed by atoms with van der Waals surface area (Å²) < 4.78 is 5.58. The van der Waals surface area contributed by atoms with Crippen LogP contribution in [0.15, 0.2) is 24.3 Å². The molecular formula is C14H15NO2. The molecule has 2 rings (SSSR count). The van der Waals surface area contributed by atoms with Gasteiger partial charge < -0.3 is 10.1 Å². The van der Waals surface area contributed by atoms with E-state index >= 15 is 0 Å². The van der Waals surface area contributed by atoms with E-state index in [4.69, 9.17) is 4.74 Å². The Bertz CT molecular complexity index is 446. The number of rotatable bonds is 3. The van der Waals surface area contributed by atoms with Crippen LogP contribution in [0.1, 0.15) is 18.9 Å². The predicted molar refractivity (Wildman–Crippen MR) is 65.6 cm³/mol. The highest BCUT2D eigenvalue weighted by Gasteiger charge is 2.28. The van der Waals surface area contributed by atoms with Crippen molar-refractivity contribution in [2.45, 2.75) is 25.9 Å². The molecule has 0 saturated heterocycles. The Balaban J connectivity index is 1.85. The molecule has 1 heterocycles. The number of para-hydroxylation sites is 1. The third-order valence-corrected chi connectivity index (χ3v) is 2.67. The Morgan fingerprint density at radius 3 is 3.12 bits per heavy atom. The molecule has 0 spiro atoms. The Labute approximate surface area is 101 Å². The quantitative estimate of drug-likeness (QED) is 0.630. The molecule has 0 saturated carbocycles. The van der Waals surface area contributed by atoms with Crippen molar-refractivity contribution in [1.82, 2.24) is 5.32 Å². The highest BCUT2D eigenvalue weighted by molar-refractivity contribution is 5.82. The summed E-state index contributed by atoms with van der Waals surface area (Å²) in [5, 5.41) is 2.83. The van der Waals surface area contributed by atoms with Crippen molar-refractivity contribution < 1.29 is 9.53 Å². The summed E-state index contributed by atoms with van der Waals surface area (Å²) in [6, 6.07) is 7.76. The standard InChI is InChI=1S/C14H15NO2/c1-2-3-6-9-15-14(16)13-10-11-7-4-5-8-12(11)17-13/h4-5,7-8,13H,6,9-10H2,1H3,(H,15,16). The number of hydrogen-bond acceptors (Lipinski definition) is 2. The van der Waals surface area contributed by atoms with E-state index in [-0.39, 0.29) is 12.0 Å². The fourth-order valence-electron chi connectivity index (χ4n) is 1.82. The normalized spacial score (nSPS) is 16.4. The monoisotopic (exact) mass is 229 g/mol. The summed E-state index contributed by atoms with van der Waals surface area (Å²) in [6.45, 7) is 2.37. The maximum Gasteiger partial charge on any atom is 0.261 e. The van der Waals surface area contributed by atoms with Gasteiger partial charge in [0.25, 0.3) is 5.91 Å². The van der Waals surface area contributed by atoms with Crippen LogP contribution < -0.4 is 10.1 Å². The van der Waals surface area contributed by atoms with Crippen LogP contribution in [0.25, 0.3) is 0 Å². The van der Waals surface area contributed by atoms with Gasteiger partial charge in [-0.1, -0.05) is 18.2 Å². The largest absolute Gasteiger partial charge is 0.480 e. The third kappa shape index (κ3) is 2.79. The molecule has 1 aromatic rings. The first-order valence-electron chi connectivity index (χ1n) is 5.73. The fraction of sp³-hybridized carbons (Fsp3) is 0.357. The molecule has 88 valence electrons. The van der Waals surface area contributed by atoms with Gasteiger partial charge in [0, 0.05) is 19.4 Å². The summed E-state index contributed by atoms with van der Waals surface area (Å²) in [7, 11) is 0. The summed E-state index contributed by atoms with van der Waals surface area (Å²) >= 11 is 0. The first kappa shape index (κ1) is 11.5. The molecule has 1 atom stereocenters. The lowest BCUT2D eigenvalue weighted by Crippen LogP contribution is -2.37. The van der Waals surface area contributed by atoms with Gasteiger partial charge in [0.1, 0.15) is 5.75 Å². The third-order valence-electron chi connectivity index (χ3n) is 2.67. The van der Waals surface area contributed by atoms with Gasteiger partial charge >= 0.3 is 0 Å². The molecule has 0 bridgehead atoms. The summed E-state index contributed by atoms with van der Waals surface area (Å²) in [4.78, 5) is 11.8. The van der Waals surface area contributed by atoms with E-state index in [9.17, 15) is 4.79 Å². The van der Waals surface area contributed by atoms with Crippen LogP contribution in [-0.4, -0.2) is 18.6 Å². The van der Waals surface area contributed by atoms with Crippen LogP contribution in [0.2, 0.25) is 0 Å². The molecule has 0 radical (unpaired) electrons. The highest BCUT2D eigenvalue weighted by Crippen LogP contribution is 2.27. The summed E-state index contributed by atoms with van der Waals surface area (Å²) in [5.41, 5.74) is 1.10. The van der Waals surface area contributed by atoms with Crippen LogP contribution in [0.5, 0.6) is 5.75 Å². The number of fused-ring (bicyclic) bond motifs is 1. The molecule has 0 aliphatic carbocycles. The predicted octanol–water partition coefficient (Wildman–Crippen LogP) is 1.52. The Hall–Kier alpha value is -1.95. The number of amides is 1. The molecule has 1 aliphatic rings. The molecule has 1 N–H and O–H groups in total. The van der Waals surface area contributed by atoms with Crippen molar-refractivity contribution >= 4 is 5.91 Å². The summed E-state index contributed by atoms with van der Waals surface area (Å²) in [6.07, 6.45) is 0.950. The zero-order chi connectivity index (χ0) is 12.1. The van der Waals surface area contributed by atoms with Crippen molar-refractivity contribution in [1.29, 1.82) is 0 Å². The van der Waals surface area contributed by atoms with Gasteiger partial charge in [0.05, 0.1) is 0 Å². The van der Waals surface area contributed by atoms with Gasteiger partial charge in [-0.25, -0.2) is 0 Å². The van der Waals surface area contributed by atoms with E-state index in [1.165, 1.54) is 0 Å². The van der Waals surface area contributed by atoms with E-state index in [1.54, 1.807) is 6.92 Å².